The lowest BCUT2D eigenvalue weighted by Gasteiger charge is -2.12. The van der Waals surface area contributed by atoms with Crippen LogP contribution in [0.4, 0.5) is 5.69 Å². The number of carbonyl (C=O) groups excluding carboxylic acids is 2. The molecule has 156 valence electrons. The van der Waals surface area contributed by atoms with Gasteiger partial charge in [-0.15, -0.1) is 4.73 Å². The molecule has 0 aliphatic carbocycles. The van der Waals surface area contributed by atoms with E-state index in [2.05, 4.69) is 5.32 Å². The number of esters is 1. The van der Waals surface area contributed by atoms with Crippen LogP contribution >= 0.6 is 11.6 Å². The van der Waals surface area contributed by atoms with Gasteiger partial charge in [-0.1, -0.05) is 25.4 Å². The van der Waals surface area contributed by atoms with E-state index in [1.54, 1.807) is 24.3 Å². The second-order valence-corrected chi connectivity index (χ2v) is 7.62. The standard InChI is InChI=1S/C21H20ClN3O5/c1-12(2)11-30-21(27)14-4-9-17-18(10-14)25(29)19(13(3)24(17)28)20(26)23-16-7-5-15(22)6-8-16/h4-10,12H,11H2,1-3H3,(H,23,26). The number of hydrogen-bond acceptors (Lipinski definition) is 5. The molecule has 1 N–H and O–H groups in total. The lowest BCUT2D eigenvalue weighted by Crippen LogP contribution is -2.47. The summed E-state index contributed by atoms with van der Waals surface area (Å²) in [6, 6.07) is 10.3. The van der Waals surface area contributed by atoms with Crippen molar-refractivity contribution in [2.45, 2.75) is 20.8 Å². The lowest BCUT2D eigenvalue weighted by molar-refractivity contribution is -0.635. The number of nitrogens with one attached hydrogen (secondary N) is 1. The van der Waals surface area contributed by atoms with E-state index in [0.717, 1.165) is 0 Å². The Morgan fingerprint density at radius 3 is 2.37 bits per heavy atom. The Bertz CT molecular complexity index is 1130. The van der Waals surface area contributed by atoms with E-state index in [9.17, 15) is 20.0 Å². The van der Waals surface area contributed by atoms with Crippen LogP contribution in [0.3, 0.4) is 0 Å². The maximum absolute atomic E-state index is 13.0. The van der Waals surface area contributed by atoms with Gasteiger partial charge >= 0.3 is 17.6 Å². The van der Waals surface area contributed by atoms with Crippen molar-refractivity contribution in [3.63, 3.8) is 0 Å². The van der Waals surface area contributed by atoms with Crippen LogP contribution in [0.15, 0.2) is 42.5 Å². The van der Waals surface area contributed by atoms with E-state index in [1.807, 2.05) is 13.8 Å². The minimum atomic E-state index is -0.760. The number of hydrogen-bond donors (Lipinski definition) is 1. The molecular weight excluding hydrogens is 410 g/mol. The van der Waals surface area contributed by atoms with E-state index in [1.165, 1.54) is 25.1 Å². The fraction of sp³-hybridized carbons (Fsp3) is 0.238. The average Bonchev–Trinajstić information content (AvgIpc) is 2.71. The topological polar surface area (TPSA) is 109 Å². The summed E-state index contributed by atoms with van der Waals surface area (Å²) >= 11 is 5.83. The van der Waals surface area contributed by atoms with Crippen molar-refractivity contribution < 1.29 is 23.8 Å². The van der Waals surface area contributed by atoms with Gasteiger partial charge in [0.1, 0.15) is 0 Å². The van der Waals surface area contributed by atoms with E-state index in [0.29, 0.717) is 20.2 Å². The number of amides is 1. The number of benzene rings is 2. The highest BCUT2D eigenvalue weighted by atomic mass is 35.5. The van der Waals surface area contributed by atoms with Crippen LogP contribution in [0.2, 0.25) is 5.02 Å². The second-order valence-electron chi connectivity index (χ2n) is 7.18. The zero-order valence-electron chi connectivity index (χ0n) is 16.6. The van der Waals surface area contributed by atoms with Crippen molar-refractivity contribution in [2.75, 3.05) is 11.9 Å². The third kappa shape index (κ3) is 4.28. The predicted molar refractivity (Wildman–Crippen MR) is 111 cm³/mol. The van der Waals surface area contributed by atoms with Gasteiger partial charge in [-0.25, -0.2) is 4.79 Å². The molecule has 0 radical (unpaired) electrons. The molecule has 8 nitrogen and oxygen atoms in total. The van der Waals surface area contributed by atoms with Crippen LogP contribution in [-0.4, -0.2) is 18.5 Å². The van der Waals surface area contributed by atoms with Gasteiger partial charge < -0.3 is 20.5 Å². The fourth-order valence-electron chi connectivity index (χ4n) is 2.83. The first-order chi connectivity index (χ1) is 14.2. The first-order valence-corrected chi connectivity index (χ1v) is 9.60. The molecular formula is C21H20ClN3O5. The van der Waals surface area contributed by atoms with E-state index in [-0.39, 0.29) is 40.5 Å². The number of nitrogens with zero attached hydrogens (tertiary/aromatic N) is 2. The molecule has 0 bridgehead atoms. The van der Waals surface area contributed by atoms with E-state index < -0.39 is 11.9 Å². The molecule has 3 aromatic rings. The fourth-order valence-corrected chi connectivity index (χ4v) is 2.96. The monoisotopic (exact) mass is 429 g/mol. The number of rotatable bonds is 5. The van der Waals surface area contributed by atoms with Gasteiger partial charge in [-0.2, -0.15) is 4.73 Å². The van der Waals surface area contributed by atoms with Gasteiger partial charge in [0.25, 0.3) is 16.7 Å². The molecule has 0 saturated heterocycles. The molecule has 2 aromatic carbocycles. The Morgan fingerprint density at radius 1 is 1.07 bits per heavy atom. The van der Waals surface area contributed by atoms with Crippen molar-refractivity contribution in [1.29, 1.82) is 0 Å². The van der Waals surface area contributed by atoms with Crippen molar-refractivity contribution in [3.8, 4) is 0 Å². The van der Waals surface area contributed by atoms with Crippen molar-refractivity contribution in [3.05, 3.63) is 74.9 Å². The average molecular weight is 430 g/mol. The van der Waals surface area contributed by atoms with Crippen LogP contribution in [-0.2, 0) is 4.74 Å². The summed E-state index contributed by atoms with van der Waals surface area (Å²) in [5, 5.41) is 28.7. The highest BCUT2D eigenvalue weighted by molar-refractivity contribution is 6.30. The number of anilines is 1. The summed E-state index contributed by atoms with van der Waals surface area (Å²) in [5.74, 6) is -1.23. The van der Waals surface area contributed by atoms with Crippen LogP contribution < -0.4 is 14.8 Å². The summed E-state index contributed by atoms with van der Waals surface area (Å²) in [7, 11) is 0. The molecule has 0 aliphatic heterocycles. The summed E-state index contributed by atoms with van der Waals surface area (Å²) in [5.41, 5.74) is -0.00549. The first kappa shape index (κ1) is 21.3. The summed E-state index contributed by atoms with van der Waals surface area (Å²) in [4.78, 5) is 25.0. The zero-order valence-corrected chi connectivity index (χ0v) is 17.4. The second kappa shape index (κ2) is 8.54. The van der Waals surface area contributed by atoms with Crippen molar-refractivity contribution >= 4 is 40.2 Å². The molecule has 0 unspecified atom stereocenters. The number of fused-ring (bicyclic) bond motifs is 1. The highest BCUT2D eigenvalue weighted by Gasteiger charge is 2.31. The molecule has 3 rings (SSSR count). The number of carbonyl (C=O) groups is 2. The Labute approximate surface area is 177 Å². The van der Waals surface area contributed by atoms with Gasteiger partial charge in [0.05, 0.1) is 12.2 Å². The normalized spacial score (nSPS) is 11.0. The van der Waals surface area contributed by atoms with Gasteiger partial charge in [-0.05, 0) is 36.2 Å². The van der Waals surface area contributed by atoms with E-state index >= 15 is 0 Å². The summed E-state index contributed by atoms with van der Waals surface area (Å²) < 4.78 is 6.01. The number of aromatic nitrogens is 2. The van der Waals surface area contributed by atoms with Crippen LogP contribution in [0.25, 0.3) is 11.0 Å². The molecule has 1 heterocycles. The predicted octanol–water partition coefficient (Wildman–Crippen LogP) is 3.13. The Kier molecular flexibility index (Phi) is 6.07. The van der Waals surface area contributed by atoms with Crippen LogP contribution in [0, 0.1) is 23.3 Å². The number of halogens is 1. The van der Waals surface area contributed by atoms with Crippen molar-refractivity contribution in [1.82, 2.24) is 0 Å². The molecule has 1 aromatic heterocycles. The van der Waals surface area contributed by atoms with Gasteiger partial charge in [0, 0.05) is 29.8 Å². The minimum absolute atomic E-state index is 0.0333. The summed E-state index contributed by atoms with van der Waals surface area (Å²) in [6.45, 7) is 5.39. The van der Waals surface area contributed by atoms with Crippen LogP contribution in [0.1, 0.15) is 40.4 Å². The third-order valence-corrected chi connectivity index (χ3v) is 4.62. The smallest absolute Gasteiger partial charge is 0.351 e. The molecule has 30 heavy (non-hydrogen) atoms. The third-order valence-electron chi connectivity index (χ3n) is 4.36. The van der Waals surface area contributed by atoms with E-state index in [4.69, 9.17) is 16.3 Å². The maximum atomic E-state index is 13.0. The molecule has 0 spiro atoms. The Morgan fingerprint density at radius 2 is 1.73 bits per heavy atom. The Hall–Kier alpha value is -3.39. The SMILES string of the molecule is Cc1c(C(=O)Nc2ccc(Cl)cc2)[n+]([O-])c2cc(C(=O)OCC(C)C)ccc2[n+]1[O-]. The highest BCUT2D eigenvalue weighted by Crippen LogP contribution is 2.16. The molecule has 0 aliphatic rings. The Balaban J connectivity index is 2.03. The van der Waals surface area contributed by atoms with Crippen LogP contribution in [0.5, 0.6) is 0 Å². The van der Waals surface area contributed by atoms with Gasteiger partial charge in [0.2, 0.25) is 0 Å². The molecule has 0 fully saturated rings. The lowest BCUT2D eigenvalue weighted by atomic mass is 10.1. The summed E-state index contributed by atoms with van der Waals surface area (Å²) in [6.07, 6.45) is 0. The molecule has 1 amide bonds. The minimum Gasteiger partial charge on any atom is -0.618 e. The number of ether oxygens (including phenoxy) is 1. The molecule has 9 heteroatoms. The quantitative estimate of drug-likeness (QED) is 0.380. The van der Waals surface area contributed by atoms with Gasteiger partial charge in [-0.3, -0.25) is 4.79 Å². The van der Waals surface area contributed by atoms with Gasteiger partial charge in [0.15, 0.2) is 0 Å². The molecule has 0 saturated carbocycles. The largest absolute Gasteiger partial charge is 0.618 e. The maximum Gasteiger partial charge on any atom is 0.351 e. The zero-order chi connectivity index (χ0) is 22.0. The first-order valence-electron chi connectivity index (χ1n) is 9.22. The van der Waals surface area contributed by atoms with Crippen molar-refractivity contribution in [2.24, 2.45) is 5.92 Å². The molecule has 0 atom stereocenters.